The SMILES string of the molecule is O=C(Nc1cccnc1)c1cccc([N+](=O)[O-])c1. The lowest BCUT2D eigenvalue weighted by molar-refractivity contribution is -0.384. The van der Waals surface area contributed by atoms with E-state index >= 15 is 0 Å². The summed E-state index contributed by atoms with van der Waals surface area (Å²) in [5, 5.41) is 13.2. The molecule has 6 heteroatoms. The second-order valence-electron chi connectivity index (χ2n) is 3.50. The van der Waals surface area contributed by atoms with E-state index in [1.165, 1.54) is 30.5 Å². The van der Waals surface area contributed by atoms with Crippen molar-refractivity contribution >= 4 is 17.3 Å². The minimum absolute atomic E-state index is 0.117. The Bertz CT molecular complexity index is 584. The molecule has 18 heavy (non-hydrogen) atoms. The van der Waals surface area contributed by atoms with Gasteiger partial charge in [-0.15, -0.1) is 0 Å². The minimum Gasteiger partial charge on any atom is -0.321 e. The van der Waals surface area contributed by atoms with Crippen LogP contribution in [0.25, 0.3) is 0 Å². The van der Waals surface area contributed by atoms with E-state index in [0.29, 0.717) is 5.69 Å². The molecular weight excluding hydrogens is 234 g/mol. The number of benzene rings is 1. The van der Waals surface area contributed by atoms with Crippen LogP contribution in [-0.4, -0.2) is 15.8 Å². The monoisotopic (exact) mass is 243 g/mol. The summed E-state index contributed by atoms with van der Waals surface area (Å²) < 4.78 is 0. The van der Waals surface area contributed by atoms with Crippen molar-refractivity contribution in [2.24, 2.45) is 0 Å². The molecule has 1 aromatic heterocycles. The second kappa shape index (κ2) is 5.05. The molecular formula is C12H9N3O3. The summed E-state index contributed by atoms with van der Waals surface area (Å²) in [6, 6.07) is 8.91. The topological polar surface area (TPSA) is 85.1 Å². The molecule has 1 amide bonds. The lowest BCUT2D eigenvalue weighted by Crippen LogP contribution is -2.12. The van der Waals surface area contributed by atoms with Crippen LogP contribution in [0.5, 0.6) is 0 Å². The van der Waals surface area contributed by atoms with E-state index in [4.69, 9.17) is 0 Å². The average molecular weight is 243 g/mol. The quantitative estimate of drug-likeness (QED) is 0.661. The highest BCUT2D eigenvalue weighted by Gasteiger charge is 2.11. The van der Waals surface area contributed by atoms with Gasteiger partial charge in [0.2, 0.25) is 0 Å². The maximum atomic E-state index is 11.8. The van der Waals surface area contributed by atoms with Gasteiger partial charge in [-0.05, 0) is 18.2 Å². The van der Waals surface area contributed by atoms with Crippen molar-refractivity contribution in [3.63, 3.8) is 0 Å². The molecule has 0 bridgehead atoms. The van der Waals surface area contributed by atoms with Gasteiger partial charge in [-0.25, -0.2) is 0 Å². The van der Waals surface area contributed by atoms with E-state index in [2.05, 4.69) is 10.3 Å². The Balaban J connectivity index is 2.19. The molecule has 0 saturated carbocycles. The predicted molar refractivity (Wildman–Crippen MR) is 65.3 cm³/mol. The third-order valence-electron chi connectivity index (χ3n) is 2.24. The molecule has 6 nitrogen and oxygen atoms in total. The van der Waals surface area contributed by atoms with Gasteiger partial charge in [0.05, 0.1) is 16.8 Å². The summed E-state index contributed by atoms with van der Waals surface area (Å²) in [5.74, 6) is -0.410. The van der Waals surface area contributed by atoms with Gasteiger partial charge in [-0.1, -0.05) is 6.07 Å². The summed E-state index contributed by atoms with van der Waals surface area (Å²) in [4.78, 5) is 25.7. The molecule has 0 radical (unpaired) electrons. The van der Waals surface area contributed by atoms with Gasteiger partial charge in [0.25, 0.3) is 11.6 Å². The molecule has 0 atom stereocenters. The maximum Gasteiger partial charge on any atom is 0.270 e. The highest BCUT2D eigenvalue weighted by atomic mass is 16.6. The first-order chi connectivity index (χ1) is 8.66. The molecule has 1 heterocycles. The maximum absolute atomic E-state index is 11.8. The molecule has 0 aliphatic heterocycles. The molecule has 0 spiro atoms. The summed E-state index contributed by atoms with van der Waals surface area (Å²) in [7, 11) is 0. The van der Waals surface area contributed by atoms with Crippen molar-refractivity contribution in [2.45, 2.75) is 0 Å². The number of amides is 1. The van der Waals surface area contributed by atoms with Gasteiger partial charge in [0.1, 0.15) is 0 Å². The number of anilines is 1. The molecule has 2 aromatic rings. The fraction of sp³-hybridized carbons (Fsp3) is 0. The highest BCUT2D eigenvalue weighted by Crippen LogP contribution is 2.14. The standard InChI is InChI=1S/C12H9N3O3/c16-12(14-10-4-2-6-13-8-10)9-3-1-5-11(7-9)15(17)18/h1-8H,(H,14,16). The molecule has 0 aliphatic rings. The number of carbonyl (C=O) groups is 1. The lowest BCUT2D eigenvalue weighted by atomic mass is 10.2. The zero-order valence-corrected chi connectivity index (χ0v) is 9.24. The van der Waals surface area contributed by atoms with Crippen LogP contribution in [0.15, 0.2) is 48.8 Å². The Morgan fingerprint density at radius 1 is 1.28 bits per heavy atom. The smallest absolute Gasteiger partial charge is 0.270 e. The second-order valence-corrected chi connectivity index (χ2v) is 3.50. The Morgan fingerprint density at radius 2 is 2.11 bits per heavy atom. The number of nitrogens with zero attached hydrogens (tertiary/aromatic N) is 2. The van der Waals surface area contributed by atoms with Gasteiger partial charge in [-0.2, -0.15) is 0 Å². The van der Waals surface area contributed by atoms with Gasteiger partial charge >= 0.3 is 0 Å². The van der Waals surface area contributed by atoms with Gasteiger partial charge in [0, 0.05) is 23.9 Å². The number of nitro benzene ring substituents is 1. The van der Waals surface area contributed by atoms with E-state index in [-0.39, 0.29) is 11.3 Å². The Kier molecular flexibility index (Phi) is 3.29. The lowest BCUT2D eigenvalue weighted by Gasteiger charge is -2.04. The molecule has 1 N–H and O–H groups in total. The largest absolute Gasteiger partial charge is 0.321 e. The fourth-order valence-electron chi connectivity index (χ4n) is 1.40. The van der Waals surface area contributed by atoms with Crippen LogP contribution in [0.3, 0.4) is 0 Å². The van der Waals surface area contributed by atoms with E-state index < -0.39 is 10.8 Å². The van der Waals surface area contributed by atoms with Gasteiger partial charge in [-0.3, -0.25) is 19.9 Å². The zero-order valence-electron chi connectivity index (χ0n) is 9.24. The molecule has 2 rings (SSSR count). The van der Waals surface area contributed by atoms with Crippen LogP contribution < -0.4 is 5.32 Å². The molecule has 0 unspecified atom stereocenters. The number of aromatic nitrogens is 1. The molecule has 0 aliphatic carbocycles. The van der Waals surface area contributed by atoms with Crippen LogP contribution in [0, 0.1) is 10.1 Å². The van der Waals surface area contributed by atoms with Crippen LogP contribution in [0.2, 0.25) is 0 Å². The van der Waals surface area contributed by atoms with E-state index in [1.807, 2.05) is 0 Å². The van der Waals surface area contributed by atoms with E-state index in [1.54, 1.807) is 18.3 Å². The Labute approximate surface area is 102 Å². The van der Waals surface area contributed by atoms with Crippen molar-refractivity contribution in [2.75, 3.05) is 5.32 Å². The van der Waals surface area contributed by atoms with Crippen LogP contribution >= 0.6 is 0 Å². The van der Waals surface area contributed by atoms with E-state index in [0.717, 1.165) is 0 Å². The number of non-ortho nitro benzene ring substituents is 1. The van der Waals surface area contributed by atoms with E-state index in [9.17, 15) is 14.9 Å². The van der Waals surface area contributed by atoms with Crippen LogP contribution in [-0.2, 0) is 0 Å². The summed E-state index contributed by atoms with van der Waals surface area (Å²) in [6.07, 6.45) is 3.08. The molecule has 1 aromatic carbocycles. The predicted octanol–water partition coefficient (Wildman–Crippen LogP) is 2.24. The first-order valence-corrected chi connectivity index (χ1v) is 5.12. The normalized spacial score (nSPS) is 9.78. The van der Waals surface area contributed by atoms with Gasteiger partial charge < -0.3 is 5.32 Å². The molecule has 90 valence electrons. The third-order valence-corrected chi connectivity index (χ3v) is 2.24. The number of nitro groups is 1. The highest BCUT2D eigenvalue weighted by molar-refractivity contribution is 6.04. The molecule has 0 saturated heterocycles. The van der Waals surface area contributed by atoms with Crippen molar-refractivity contribution in [3.05, 3.63) is 64.5 Å². The Hall–Kier alpha value is -2.76. The zero-order chi connectivity index (χ0) is 13.0. The first-order valence-electron chi connectivity index (χ1n) is 5.12. The number of nitrogens with one attached hydrogen (secondary N) is 1. The van der Waals surface area contributed by atoms with Crippen molar-refractivity contribution in [1.29, 1.82) is 0 Å². The summed E-state index contributed by atoms with van der Waals surface area (Å²) in [5.41, 5.74) is 0.649. The number of rotatable bonds is 3. The number of hydrogen-bond donors (Lipinski definition) is 1. The number of hydrogen-bond acceptors (Lipinski definition) is 4. The number of pyridine rings is 1. The fourth-order valence-corrected chi connectivity index (χ4v) is 1.40. The van der Waals surface area contributed by atoms with Crippen LogP contribution in [0.4, 0.5) is 11.4 Å². The van der Waals surface area contributed by atoms with Gasteiger partial charge in [0.15, 0.2) is 0 Å². The first kappa shape index (κ1) is 11.7. The van der Waals surface area contributed by atoms with Crippen molar-refractivity contribution in [1.82, 2.24) is 4.98 Å². The van der Waals surface area contributed by atoms with Crippen molar-refractivity contribution in [3.8, 4) is 0 Å². The van der Waals surface area contributed by atoms with Crippen LogP contribution in [0.1, 0.15) is 10.4 Å². The average Bonchev–Trinajstić information content (AvgIpc) is 2.40. The number of carbonyl (C=O) groups excluding carboxylic acids is 1. The third kappa shape index (κ3) is 2.67. The molecule has 0 fully saturated rings. The minimum atomic E-state index is -0.541. The Morgan fingerprint density at radius 3 is 2.78 bits per heavy atom. The summed E-state index contributed by atoms with van der Waals surface area (Å²) in [6.45, 7) is 0. The summed E-state index contributed by atoms with van der Waals surface area (Å²) >= 11 is 0. The van der Waals surface area contributed by atoms with Crippen molar-refractivity contribution < 1.29 is 9.72 Å².